The van der Waals surface area contributed by atoms with E-state index >= 15 is 0 Å². The third-order valence-corrected chi connectivity index (χ3v) is 3.23. The maximum absolute atomic E-state index is 3.43. The first-order chi connectivity index (χ1) is 10.3. The molecule has 0 radical (unpaired) electrons. The zero-order valence-corrected chi connectivity index (χ0v) is 12.0. The molecule has 0 bridgehead atoms. The van der Waals surface area contributed by atoms with Crippen molar-refractivity contribution in [2.24, 2.45) is 0 Å². The molecule has 104 valence electrons. The van der Waals surface area contributed by atoms with Crippen molar-refractivity contribution in [3.8, 4) is 0 Å². The lowest BCUT2D eigenvalue weighted by molar-refractivity contribution is 1.45. The van der Waals surface area contributed by atoms with Crippen LogP contribution in [0.5, 0.6) is 0 Å². The highest BCUT2D eigenvalue weighted by Crippen LogP contribution is 2.23. The SMILES string of the molecule is Cc1cccc(Nc2cccc(Nc3ccccc3)c2)c1. The van der Waals surface area contributed by atoms with Crippen LogP contribution in [0.2, 0.25) is 0 Å². The van der Waals surface area contributed by atoms with Crippen LogP contribution < -0.4 is 10.6 Å². The van der Waals surface area contributed by atoms with Crippen LogP contribution in [0.3, 0.4) is 0 Å². The predicted octanol–water partition coefficient (Wildman–Crippen LogP) is 5.48. The predicted molar refractivity (Wildman–Crippen MR) is 90.6 cm³/mol. The molecule has 3 aromatic rings. The highest BCUT2D eigenvalue weighted by Gasteiger charge is 1.98. The van der Waals surface area contributed by atoms with Crippen LogP contribution in [0, 0.1) is 6.92 Å². The fourth-order valence-electron chi connectivity index (χ4n) is 2.25. The summed E-state index contributed by atoms with van der Waals surface area (Å²) in [5, 5.41) is 6.83. The molecule has 21 heavy (non-hydrogen) atoms. The van der Waals surface area contributed by atoms with E-state index in [0.717, 1.165) is 22.7 Å². The van der Waals surface area contributed by atoms with E-state index in [4.69, 9.17) is 0 Å². The van der Waals surface area contributed by atoms with Gasteiger partial charge in [-0.25, -0.2) is 0 Å². The first-order valence-electron chi connectivity index (χ1n) is 7.05. The van der Waals surface area contributed by atoms with Crippen LogP contribution in [0.25, 0.3) is 0 Å². The lowest BCUT2D eigenvalue weighted by Gasteiger charge is -2.10. The molecular formula is C19H18N2. The smallest absolute Gasteiger partial charge is 0.0405 e. The molecule has 2 heteroatoms. The van der Waals surface area contributed by atoms with E-state index in [1.165, 1.54) is 5.56 Å². The lowest BCUT2D eigenvalue weighted by atomic mass is 10.2. The standard InChI is InChI=1S/C19H18N2/c1-15-7-5-10-17(13-15)21-19-12-6-11-18(14-19)20-16-8-3-2-4-9-16/h2-14,20-21H,1H3. The van der Waals surface area contributed by atoms with Gasteiger partial charge in [0.2, 0.25) is 0 Å². The van der Waals surface area contributed by atoms with Crippen molar-refractivity contribution in [1.29, 1.82) is 0 Å². The van der Waals surface area contributed by atoms with Crippen molar-refractivity contribution in [3.05, 3.63) is 84.4 Å². The van der Waals surface area contributed by atoms with Crippen LogP contribution >= 0.6 is 0 Å². The zero-order valence-electron chi connectivity index (χ0n) is 12.0. The second-order valence-electron chi connectivity index (χ2n) is 5.07. The van der Waals surface area contributed by atoms with Crippen molar-refractivity contribution in [3.63, 3.8) is 0 Å². The van der Waals surface area contributed by atoms with Gasteiger partial charge in [0.05, 0.1) is 0 Å². The third kappa shape index (κ3) is 3.63. The van der Waals surface area contributed by atoms with E-state index < -0.39 is 0 Å². The Morgan fingerprint density at radius 3 is 1.71 bits per heavy atom. The van der Waals surface area contributed by atoms with Gasteiger partial charge < -0.3 is 10.6 Å². The fourth-order valence-corrected chi connectivity index (χ4v) is 2.25. The van der Waals surface area contributed by atoms with Crippen molar-refractivity contribution in [2.75, 3.05) is 10.6 Å². The lowest BCUT2D eigenvalue weighted by Crippen LogP contribution is -1.93. The normalized spacial score (nSPS) is 10.1. The summed E-state index contributed by atoms with van der Waals surface area (Å²) >= 11 is 0. The molecule has 0 saturated heterocycles. The molecule has 3 aromatic carbocycles. The molecule has 0 fully saturated rings. The zero-order chi connectivity index (χ0) is 14.5. The van der Waals surface area contributed by atoms with Crippen LogP contribution in [0.15, 0.2) is 78.9 Å². The Bertz CT molecular complexity index is 720. The number of nitrogens with one attached hydrogen (secondary N) is 2. The first kappa shape index (κ1) is 13.3. The summed E-state index contributed by atoms with van der Waals surface area (Å²) < 4.78 is 0. The van der Waals surface area contributed by atoms with Gasteiger partial charge in [0.1, 0.15) is 0 Å². The molecule has 2 N–H and O–H groups in total. The van der Waals surface area contributed by atoms with Crippen LogP contribution in [0.1, 0.15) is 5.56 Å². The van der Waals surface area contributed by atoms with E-state index in [-0.39, 0.29) is 0 Å². The van der Waals surface area contributed by atoms with Gasteiger partial charge in [-0.05, 0) is 55.0 Å². The molecule has 0 atom stereocenters. The van der Waals surface area contributed by atoms with Gasteiger partial charge in [0.15, 0.2) is 0 Å². The van der Waals surface area contributed by atoms with Gasteiger partial charge in [-0.3, -0.25) is 0 Å². The van der Waals surface area contributed by atoms with Crippen LogP contribution in [-0.4, -0.2) is 0 Å². The van der Waals surface area contributed by atoms with Crippen molar-refractivity contribution < 1.29 is 0 Å². The van der Waals surface area contributed by atoms with Gasteiger partial charge in [0, 0.05) is 22.7 Å². The van der Waals surface area contributed by atoms with E-state index in [0.29, 0.717) is 0 Å². The molecule has 0 aliphatic rings. The van der Waals surface area contributed by atoms with E-state index in [2.05, 4.69) is 72.2 Å². The van der Waals surface area contributed by atoms with Crippen LogP contribution in [0.4, 0.5) is 22.7 Å². The molecule has 0 aliphatic carbocycles. The Kier molecular flexibility index (Phi) is 3.88. The molecule has 0 saturated carbocycles. The van der Waals surface area contributed by atoms with Crippen LogP contribution in [-0.2, 0) is 0 Å². The van der Waals surface area contributed by atoms with E-state index in [9.17, 15) is 0 Å². The average Bonchev–Trinajstić information content (AvgIpc) is 2.49. The van der Waals surface area contributed by atoms with Gasteiger partial charge in [-0.1, -0.05) is 36.4 Å². The Labute approximate surface area is 125 Å². The largest absolute Gasteiger partial charge is 0.355 e. The van der Waals surface area contributed by atoms with Crippen molar-refractivity contribution in [1.82, 2.24) is 0 Å². The Balaban J connectivity index is 1.77. The Hall–Kier alpha value is -2.74. The van der Waals surface area contributed by atoms with Gasteiger partial charge >= 0.3 is 0 Å². The minimum absolute atomic E-state index is 1.07. The maximum atomic E-state index is 3.43. The molecule has 0 heterocycles. The second kappa shape index (κ2) is 6.14. The number of hydrogen-bond donors (Lipinski definition) is 2. The first-order valence-corrected chi connectivity index (χ1v) is 7.05. The second-order valence-corrected chi connectivity index (χ2v) is 5.07. The summed E-state index contributed by atoms with van der Waals surface area (Å²) in [4.78, 5) is 0. The molecule has 0 aromatic heterocycles. The highest BCUT2D eigenvalue weighted by atomic mass is 14.9. The molecule has 3 rings (SSSR count). The van der Waals surface area contributed by atoms with E-state index in [1.54, 1.807) is 0 Å². The highest BCUT2D eigenvalue weighted by molar-refractivity contribution is 5.68. The minimum atomic E-state index is 1.07. The average molecular weight is 274 g/mol. The summed E-state index contributed by atoms with van der Waals surface area (Å²) in [7, 11) is 0. The summed E-state index contributed by atoms with van der Waals surface area (Å²) in [5.74, 6) is 0. The summed E-state index contributed by atoms with van der Waals surface area (Å²) in [6.07, 6.45) is 0. The number of hydrogen-bond acceptors (Lipinski definition) is 2. The monoisotopic (exact) mass is 274 g/mol. The topological polar surface area (TPSA) is 24.1 Å². The quantitative estimate of drug-likeness (QED) is 0.658. The number of para-hydroxylation sites is 1. The molecule has 0 spiro atoms. The maximum Gasteiger partial charge on any atom is 0.0405 e. The number of anilines is 4. The molecule has 0 unspecified atom stereocenters. The minimum Gasteiger partial charge on any atom is -0.355 e. The third-order valence-electron chi connectivity index (χ3n) is 3.23. The molecule has 0 amide bonds. The molecule has 0 aliphatic heterocycles. The van der Waals surface area contributed by atoms with E-state index in [1.807, 2.05) is 24.3 Å². The Morgan fingerprint density at radius 2 is 1.05 bits per heavy atom. The summed E-state index contributed by atoms with van der Waals surface area (Å²) in [5.41, 5.74) is 5.58. The van der Waals surface area contributed by atoms with Gasteiger partial charge in [-0.15, -0.1) is 0 Å². The summed E-state index contributed by atoms with van der Waals surface area (Å²) in [6, 6.07) is 26.8. The molecule has 2 nitrogen and oxygen atoms in total. The number of benzene rings is 3. The summed E-state index contributed by atoms with van der Waals surface area (Å²) in [6.45, 7) is 2.10. The number of rotatable bonds is 4. The molecular weight excluding hydrogens is 256 g/mol. The van der Waals surface area contributed by atoms with Crippen molar-refractivity contribution >= 4 is 22.7 Å². The van der Waals surface area contributed by atoms with Gasteiger partial charge in [0.25, 0.3) is 0 Å². The van der Waals surface area contributed by atoms with Crippen molar-refractivity contribution in [2.45, 2.75) is 6.92 Å². The fraction of sp³-hybridized carbons (Fsp3) is 0.0526. The van der Waals surface area contributed by atoms with Gasteiger partial charge in [-0.2, -0.15) is 0 Å². The number of aryl methyl sites for hydroxylation is 1. The Morgan fingerprint density at radius 1 is 0.524 bits per heavy atom.